The number of rotatable bonds is 8. The smallest absolute Gasteiger partial charge is 0.272 e. The highest BCUT2D eigenvalue weighted by atomic mass is 79.9. The summed E-state index contributed by atoms with van der Waals surface area (Å²) < 4.78 is 51.4. The second kappa shape index (κ2) is 26.2. The number of ether oxygens (including phenoxy) is 1. The normalized spacial score (nSPS) is 14.0. The molecule has 0 spiro atoms. The Morgan fingerprint density at radius 2 is 1.71 bits per heavy atom. The highest BCUT2D eigenvalue weighted by Gasteiger charge is 2.25. The highest BCUT2D eigenvalue weighted by molar-refractivity contribution is 9.10. The summed E-state index contributed by atoms with van der Waals surface area (Å²) in [7, 11) is 3.62. The number of aromatic amines is 1. The lowest BCUT2D eigenvalue weighted by molar-refractivity contribution is -0.385. The molecule has 3 aliphatic rings. The number of H-pyrrole nitrogens is 1. The number of nitro groups is 1. The second-order valence-corrected chi connectivity index (χ2v) is 17.3. The molecular weight excluding hydrogens is 1050 g/mol. The van der Waals surface area contributed by atoms with E-state index >= 15 is 0 Å². The standard InChI is InChI=1S/C12H10BrFO2.C9H12N6.C9H12N4O.C8H9BrFN.C8H9FN2O3/c1-2-4-9-11(13)12(15)10-7(14)5-3-6-8(10)16-9;10-7-6-8(12-5-11-7)13-14-9(6)15-3-1-2-4-15;10-5-7-8(11)6-12-9(7)13-1-3-14-4-2-13;1-11(2)8-4-3-6(9)5-7(8)10;9-7-5-6(11(13)14)1-2-8(7)10-3-4-12/h3,5-6H,2,4H2,1H3;5H,1-4H2,(H3,10,11,12,13,14);1-4,6,11H2;3-5H,1-2H3;1-2,5,10,12H,3-4H2. The van der Waals surface area contributed by atoms with Crippen LogP contribution in [0.5, 0.6) is 0 Å². The van der Waals surface area contributed by atoms with Gasteiger partial charge in [0, 0.05) is 63.8 Å². The van der Waals surface area contributed by atoms with Gasteiger partial charge in [-0.15, -0.1) is 0 Å². The molecule has 2 saturated heterocycles. The summed E-state index contributed by atoms with van der Waals surface area (Å²) in [6, 6.07) is 14.8. The van der Waals surface area contributed by atoms with Crippen LogP contribution in [-0.4, -0.2) is 114 Å². The summed E-state index contributed by atoms with van der Waals surface area (Å²) in [5.74, 6) is 1.25. The Morgan fingerprint density at radius 1 is 0.986 bits per heavy atom. The Bertz CT molecular complexity index is 2920. The molecule has 6 aromatic rings. The van der Waals surface area contributed by atoms with Gasteiger partial charge in [-0.1, -0.05) is 28.9 Å². The van der Waals surface area contributed by atoms with Crippen LogP contribution in [0.3, 0.4) is 0 Å². The third-order valence-electron chi connectivity index (χ3n) is 10.5. The molecule has 0 atom stereocenters. The van der Waals surface area contributed by atoms with Crippen molar-refractivity contribution in [3.8, 4) is 6.07 Å². The van der Waals surface area contributed by atoms with Crippen LogP contribution < -0.4 is 32.0 Å². The average molecular weight is 1100 g/mol. The topological polar surface area (TPSA) is 267 Å². The number of benzene rings is 3. The monoisotopic (exact) mass is 1100 g/mol. The number of aliphatic hydroxyl groups is 1. The summed E-state index contributed by atoms with van der Waals surface area (Å²) in [6.45, 7) is 7.55. The summed E-state index contributed by atoms with van der Waals surface area (Å²) in [4.78, 5) is 39.9. The number of nitriles is 1. The van der Waals surface area contributed by atoms with Crippen LogP contribution in [0, 0.1) is 38.9 Å². The van der Waals surface area contributed by atoms with Crippen molar-refractivity contribution in [1.82, 2.24) is 25.1 Å². The number of anilines is 4. The number of nitrogens with zero attached hydrogens (tertiary/aromatic N) is 9. The van der Waals surface area contributed by atoms with E-state index in [2.05, 4.69) is 78.2 Å². The lowest BCUT2D eigenvalue weighted by atomic mass is 10.2. The van der Waals surface area contributed by atoms with Gasteiger partial charge in [0.1, 0.15) is 67.8 Å². The van der Waals surface area contributed by atoms with Crippen LogP contribution in [0.4, 0.5) is 41.9 Å². The van der Waals surface area contributed by atoms with E-state index in [1.54, 1.807) is 17.0 Å². The van der Waals surface area contributed by atoms with Crippen molar-refractivity contribution in [2.75, 3.05) is 94.0 Å². The largest absolute Gasteiger partial charge is 0.460 e. The lowest BCUT2D eigenvalue weighted by Crippen LogP contribution is -2.41. The van der Waals surface area contributed by atoms with Crippen molar-refractivity contribution in [2.45, 2.75) is 32.6 Å². The third-order valence-corrected chi connectivity index (χ3v) is 11.8. The zero-order valence-corrected chi connectivity index (χ0v) is 41.7. The average Bonchev–Trinajstić information content (AvgIpc) is 4.12. The van der Waals surface area contributed by atoms with Crippen molar-refractivity contribution >= 4 is 88.4 Å². The molecule has 0 unspecified atom stereocenters. The van der Waals surface area contributed by atoms with Crippen LogP contribution in [0.2, 0.25) is 0 Å². The number of halogens is 5. The van der Waals surface area contributed by atoms with Gasteiger partial charge in [0.25, 0.3) is 5.69 Å². The number of aliphatic hydroxyl groups excluding tert-OH is 1. The van der Waals surface area contributed by atoms with Gasteiger partial charge in [-0.2, -0.15) is 10.4 Å². The predicted octanol–water partition coefficient (Wildman–Crippen LogP) is 7.44. The zero-order valence-electron chi connectivity index (χ0n) is 38.5. The number of nitrogens with two attached hydrogens (primary N) is 2. The van der Waals surface area contributed by atoms with Gasteiger partial charge in [0.15, 0.2) is 17.3 Å². The second-order valence-electron chi connectivity index (χ2n) is 15.6. The Balaban J connectivity index is 0.000000164. The van der Waals surface area contributed by atoms with Crippen molar-refractivity contribution in [2.24, 2.45) is 10.7 Å². The van der Waals surface area contributed by atoms with E-state index < -0.39 is 16.6 Å². The maximum absolute atomic E-state index is 13.5. The van der Waals surface area contributed by atoms with Crippen LogP contribution in [0.15, 0.2) is 95.3 Å². The molecule has 372 valence electrons. The van der Waals surface area contributed by atoms with Crippen LogP contribution in [0.1, 0.15) is 31.9 Å². The first-order valence-corrected chi connectivity index (χ1v) is 23.4. The zero-order chi connectivity index (χ0) is 50.9. The Kier molecular flexibility index (Phi) is 20.3. The molecule has 6 heterocycles. The summed E-state index contributed by atoms with van der Waals surface area (Å²) in [5, 5.41) is 38.2. The Morgan fingerprint density at radius 3 is 2.34 bits per heavy atom. The number of fused-ring (bicyclic) bond motifs is 2. The molecule has 9 rings (SSSR count). The Labute approximate surface area is 417 Å². The highest BCUT2D eigenvalue weighted by Crippen LogP contribution is 2.29. The molecule has 0 amide bonds. The van der Waals surface area contributed by atoms with Crippen molar-refractivity contribution in [1.29, 1.82) is 5.26 Å². The molecule has 70 heavy (non-hydrogen) atoms. The molecule has 3 aliphatic heterocycles. The summed E-state index contributed by atoms with van der Waals surface area (Å²) in [6.07, 6.45) is 5.39. The molecule has 3 aromatic heterocycles. The first kappa shape index (κ1) is 54.1. The molecular formula is C46H52Br2F3N13O6. The number of nitrogens with one attached hydrogen (secondary N) is 2. The molecule has 7 N–H and O–H groups in total. The van der Waals surface area contributed by atoms with Gasteiger partial charge in [-0.05, 0) is 71.6 Å². The summed E-state index contributed by atoms with van der Waals surface area (Å²) >= 11 is 6.35. The molecule has 2 fully saturated rings. The number of non-ortho nitro benzene ring substituents is 1. The minimum atomic E-state index is -0.701. The predicted molar refractivity (Wildman–Crippen MR) is 270 cm³/mol. The molecule has 0 radical (unpaired) electrons. The number of aromatic nitrogens is 4. The van der Waals surface area contributed by atoms with Crippen LogP contribution >= 0.6 is 31.9 Å². The number of nitro benzene ring substituents is 1. The molecule has 19 nitrogen and oxygen atoms in total. The first-order chi connectivity index (χ1) is 33.6. The maximum Gasteiger partial charge on any atom is 0.272 e. The van der Waals surface area contributed by atoms with Crippen molar-refractivity contribution < 1.29 is 32.4 Å². The number of morpholine rings is 1. The first-order valence-electron chi connectivity index (χ1n) is 21.9. The number of nitrogen functional groups attached to an aromatic ring is 1. The number of hydrogen-bond donors (Lipinski definition) is 5. The van der Waals surface area contributed by atoms with Gasteiger partial charge >= 0.3 is 0 Å². The van der Waals surface area contributed by atoms with E-state index in [9.17, 15) is 28.1 Å². The molecule has 0 bridgehead atoms. The fourth-order valence-electron chi connectivity index (χ4n) is 7.05. The fourth-order valence-corrected chi connectivity index (χ4v) is 7.86. The number of amidine groups is 1. The van der Waals surface area contributed by atoms with Crippen molar-refractivity contribution in [3.63, 3.8) is 0 Å². The van der Waals surface area contributed by atoms with E-state index in [1.807, 2.05) is 27.1 Å². The van der Waals surface area contributed by atoms with E-state index in [4.69, 9.17) is 31.0 Å². The van der Waals surface area contributed by atoms with Gasteiger partial charge in [0.2, 0.25) is 5.43 Å². The molecule has 24 heteroatoms. The number of hydrogen-bond acceptors (Lipinski definition) is 17. The quantitative estimate of drug-likeness (QED) is 0.0732. The fraction of sp³-hybridized carbons (Fsp3) is 0.348. The maximum atomic E-state index is 13.5. The molecule has 0 aliphatic carbocycles. The van der Waals surface area contributed by atoms with Gasteiger partial charge in [-0.3, -0.25) is 25.0 Å². The lowest BCUT2D eigenvalue weighted by Gasteiger charge is -2.28. The van der Waals surface area contributed by atoms with Gasteiger partial charge in [0.05, 0.1) is 54.4 Å². The van der Waals surface area contributed by atoms with Crippen molar-refractivity contribution in [3.05, 3.63) is 125 Å². The Hall–Kier alpha value is -6.81. The summed E-state index contributed by atoms with van der Waals surface area (Å²) in [5.41, 5.74) is 13.7. The van der Waals surface area contributed by atoms with E-state index in [-0.39, 0.29) is 41.2 Å². The third kappa shape index (κ3) is 14.1. The van der Waals surface area contributed by atoms with E-state index in [0.717, 1.165) is 60.2 Å². The number of aryl methyl sites for hydroxylation is 1. The van der Waals surface area contributed by atoms with E-state index in [1.165, 1.54) is 49.5 Å². The number of aliphatic imine (C=N–C) groups is 1. The van der Waals surface area contributed by atoms with Crippen LogP contribution in [-0.2, 0) is 11.2 Å². The van der Waals surface area contributed by atoms with Gasteiger partial charge < -0.3 is 45.7 Å². The molecule has 0 saturated carbocycles. The van der Waals surface area contributed by atoms with Crippen LogP contribution in [0.25, 0.3) is 22.0 Å². The minimum absolute atomic E-state index is 0.00854. The molecule has 3 aromatic carbocycles. The minimum Gasteiger partial charge on any atom is -0.460 e. The SMILES string of the molecule is CCCc1oc2cccc(F)c2c(=O)c1Br.CN(C)c1ccc(Br)cc1F.N#CC1=C(N)CN=C1N1CCOCC1.Nc1ncnc2[nH]nc(N3CCCC3)c12.O=[N+]([O-])c1ccc(NCCO)c(F)c1. The van der Waals surface area contributed by atoms with Gasteiger partial charge in [-0.25, -0.2) is 23.1 Å². The van der Waals surface area contributed by atoms with E-state index in [0.29, 0.717) is 70.4 Å².